The van der Waals surface area contributed by atoms with Crippen molar-refractivity contribution in [2.75, 3.05) is 41.1 Å². The molecule has 18 nitrogen and oxygen atoms in total. The Bertz CT molecular complexity index is 2060. The molecular formula is C56H87NO17. The minimum Gasteiger partial charge on any atom is -0.460 e. The number of piperidine rings is 1. The fraction of sp³-hybridized carbons (Fsp3) is 0.750. The molecule has 0 aromatic heterocycles. The molecule has 2 saturated heterocycles. The lowest BCUT2D eigenvalue weighted by atomic mass is 9.78. The fourth-order valence-electron chi connectivity index (χ4n) is 10.7. The van der Waals surface area contributed by atoms with E-state index in [-0.39, 0.29) is 49.5 Å². The Balaban J connectivity index is 1.71. The molecule has 2 bridgehead atoms. The van der Waals surface area contributed by atoms with Gasteiger partial charge in [0.2, 0.25) is 5.79 Å². The molecule has 0 spiro atoms. The van der Waals surface area contributed by atoms with E-state index in [2.05, 4.69) is 0 Å². The Kier molecular flexibility index (Phi) is 23.6. The lowest BCUT2D eigenvalue weighted by molar-refractivity contribution is -0.265. The number of carbonyl (C=O) groups excluding carboxylic acids is 6. The van der Waals surface area contributed by atoms with Crippen molar-refractivity contribution in [1.82, 2.24) is 4.90 Å². The topological polar surface area (TPSA) is 262 Å². The fourth-order valence-corrected chi connectivity index (χ4v) is 10.7. The second-order valence-electron chi connectivity index (χ2n) is 22.2. The largest absolute Gasteiger partial charge is 0.460 e. The number of hydrogen-bond donors (Lipinski definition) is 5. The van der Waals surface area contributed by atoms with Crippen molar-refractivity contribution in [3.05, 3.63) is 47.6 Å². The van der Waals surface area contributed by atoms with E-state index in [0.717, 1.165) is 10.5 Å². The highest BCUT2D eigenvalue weighted by molar-refractivity contribution is 6.39. The van der Waals surface area contributed by atoms with Crippen LogP contribution < -0.4 is 0 Å². The van der Waals surface area contributed by atoms with Crippen LogP contribution in [0, 0.1) is 35.0 Å². The van der Waals surface area contributed by atoms with Gasteiger partial charge in [0.15, 0.2) is 5.78 Å². The van der Waals surface area contributed by atoms with Crippen molar-refractivity contribution in [2.24, 2.45) is 35.0 Å². The summed E-state index contributed by atoms with van der Waals surface area (Å²) in [5, 5.41) is 54.4. The second kappa shape index (κ2) is 27.9. The van der Waals surface area contributed by atoms with Gasteiger partial charge in [0, 0.05) is 58.5 Å². The van der Waals surface area contributed by atoms with Gasteiger partial charge in [-0.2, -0.15) is 0 Å². The Morgan fingerprint density at radius 2 is 1.57 bits per heavy atom. The molecule has 418 valence electrons. The molecule has 4 rings (SSSR count). The van der Waals surface area contributed by atoms with Gasteiger partial charge in [0.25, 0.3) is 11.7 Å². The summed E-state index contributed by atoms with van der Waals surface area (Å²) in [6.45, 7) is 12.0. The second-order valence-corrected chi connectivity index (χ2v) is 22.2. The number of Topliss-reactive ketones (excluding diaryl/α,β-unsaturated/α-hetero) is 3. The minimum absolute atomic E-state index is 0.00808. The SMILES string of the molecule is COC1CC2CCC(C)C(O)(O2)C(=O)C(=O)N2CCCCC2C(=O)OC(C(C)CC2CCC(OC(=O)C(C)(CO)CO)C(OC)C2)CC(=O)C(C)/C=C(\C)C(O)C(OC)C(=O)C(C)CC(C)(O)/C=C/C=C/C=C/1C. The number of ether oxygens (including phenoxy) is 6. The van der Waals surface area contributed by atoms with E-state index in [1.54, 1.807) is 58.9 Å². The third-order valence-electron chi connectivity index (χ3n) is 15.9. The summed E-state index contributed by atoms with van der Waals surface area (Å²) in [5.41, 5.74) is -1.85. The molecule has 1 aliphatic carbocycles. The number of methoxy groups -OCH3 is 3. The van der Waals surface area contributed by atoms with E-state index in [9.17, 15) is 54.3 Å². The lowest BCUT2D eigenvalue weighted by Gasteiger charge is -2.42. The van der Waals surface area contributed by atoms with Crippen LogP contribution in [0.3, 0.4) is 0 Å². The van der Waals surface area contributed by atoms with Crippen LogP contribution in [0.15, 0.2) is 47.6 Å². The number of esters is 2. The summed E-state index contributed by atoms with van der Waals surface area (Å²) in [6.07, 6.45) is 7.63. The number of amides is 1. The average molecular weight is 1050 g/mol. The maximum Gasteiger partial charge on any atom is 0.329 e. The van der Waals surface area contributed by atoms with Crippen molar-refractivity contribution in [3.8, 4) is 0 Å². The van der Waals surface area contributed by atoms with Gasteiger partial charge in [-0.05, 0) is 115 Å². The number of aliphatic hydroxyl groups is 5. The quantitative estimate of drug-likeness (QED) is 0.111. The highest BCUT2D eigenvalue weighted by Gasteiger charge is 2.53. The molecule has 0 aromatic rings. The van der Waals surface area contributed by atoms with Crippen LogP contribution >= 0.6 is 0 Å². The van der Waals surface area contributed by atoms with Gasteiger partial charge in [0.1, 0.15) is 41.7 Å². The lowest BCUT2D eigenvalue weighted by Crippen LogP contribution is -2.61. The molecular weight excluding hydrogens is 959 g/mol. The summed E-state index contributed by atoms with van der Waals surface area (Å²) in [5.74, 6) is -10.0. The number of nitrogens with zero attached hydrogens (tertiary/aromatic N) is 1. The van der Waals surface area contributed by atoms with Gasteiger partial charge in [-0.3, -0.25) is 24.0 Å². The number of ketones is 3. The molecule has 74 heavy (non-hydrogen) atoms. The number of cyclic esters (lactones) is 1. The molecule has 4 aliphatic rings. The van der Waals surface area contributed by atoms with Crippen LogP contribution in [0.25, 0.3) is 0 Å². The number of allylic oxidation sites excluding steroid dienone is 5. The highest BCUT2D eigenvalue weighted by Crippen LogP contribution is 2.38. The first kappa shape index (κ1) is 62.6. The van der Waals surface area contributed by atoms with Crippen LogP contribution in [0.1, 0.15) is 132 Å². The van der Waals surface area contributed by atoms with E-state index >= 15 is 0 Å². The average Bonchev–Trinajstić information content (AvgIpc) is 3.37. The van der Waals surface area contributed by atoms with Crippen LogP contribution in [0.5, 0.6) is 0 Å². The summed E-state index contributed by atoms with van der Waals surface area (Å²) in [6, 6.07) is -1.22. The van der Waals surface area contributed by atoms with E-state index in [1.165, 1.54) is 34.3 Å². The Labute approximate surface area is 437 Å². The van der Waals surface area contributed by atoms with Gasteiger partial charge in [0.05, 0.1) is 37.1 Å². The highest BCUT2D eigenvalue weighted by atomic mass is 16.6. The molecule has 1 saturated carbocycles. The van der Waals surface area contributed by atoms with Gasteiger partial charge in [-0.15, -0.1) is 0 Å². The Morgan fingerprint density at radius 1 is 0.878 bits per heavy atom. The Hall–Kier alpha value is -3.98. The third-order valence-corrected chi connectivity index (χ3v) is 15.9. The number of rotatable bonds is 10. The third kappa shape index (κ3) is 16.0. The van der Waals surface area contributed by atoms with Crippen molar-refractivity contribution < 1.29 is 82.7 Å². The zero-order valence-electron chi connectivity index (χ0n) is 45.7. The summed E-state index contributed by atoms with van der Waals surface area (Å²) in [7, 11) is 4.33. The number of hydrogen-bond acceptors (Lipinski definition) is 17. The molecule has 1 amide bonds. The molecule has 5 N–H and O–H groups in total. The van der Waals surface area contributed by atoms with Gasteiger partial charge in [-0.25, -0.2) is 4.79 Å². The summed E-state index contributed by atoms with van der Waals surface area (Å²) >= 11 is 0. The van der Waals surface area contributed by atoms with E-state index in [0.29, 0.717) is 51.4 Å². The molecule has 3 fully saturated rings. The van der Waals surface area contributed by atoms with Crippen molar-refractivity contribution >= 4 is 35.2 Å². The summed E-state index contributed by atoms with van der Waals surface area (Å²) in [4.78, 5) is 85.4. The maximum absolute atomic E-state index is 14.5. The smallest absolute Gasteiger partial charge is 0.329 e. The molecule has 15 atom stereocenters. The zero-order chi connectivity index (χ0) is 55.3. The first-order valence-corrected chi connectivity index (χ1v) is 26.4. The molecule has 0 aromatic carbocycles. The van der Waals surface area contributed by atoms with E-state index in [4.69, 9.17) is 28.4 Å². The van der Waals surface area contributed by atoms with Crippen molar-refractivity contribution in [2.45, 2.75) is 193 Å². The zero-order valence-corrected chi connectivity index (χ0v) is 45.7. The number of carbonyl (C=O) groups is 6. The minimum atomic E-state index is -2.50. The Morgan fingerprint density at radius 3 is 2.20 bits per heavy atom. The monoisotopic (exact) mass is 1050 g/mol. The van der Waals surface area contributed by atoms with E-state index < -0.39 is 132 Å². The molecule has 18 heteroatoms. The summed E-state index contributed by atoms with van der Waals surface area (Å²) < 4.78 is 35.3. The van der Waals surface area contributed by atoms with Crippen LogP contribution in [0.2, 0.25) is 0 Å². The van der Waals surface area contributed by atoms with Gasteiger partial charge < -0.3 is 58.9 Å². The van der Waals surface area contributed by atoms with Gasteiger partial charge in [-0.1, -0.05) is 64.2 Å². The van der Waals surface area contributed by atoms with Crippen molar-refractivity contribution in [3.63, 3.8) is 0 Å². The van der Waals surface area contributed by atoms with Gasteiger partial charge >= 0.3 is 11.9 Å². The van der Waals surface area contributed by atoms with E-state index in [1.807, 2.05) is 19.9 Å². The first-order valence-electron chi connectivity index (χ1n) is 26.4. The molecule has 15 unspecified atom stereocenters. The van der Waals surface area contributed by atoms with Crippen LogP contribution in [-0.2, 0) is 57.2 Å². The predicted octanol–water partition coefficient (Wildman–Crippen LogP) is 4.84. The molecule has 3 aliphatic heterocycles. The number of aliphatic hydroxyl groups excluding tert-OH is 3. The first-order chi connectivity index (χ1) is 34.8. The molecule has 0 radical (unpaired) electrons. The van der Waals surface area contributed by atoms with Crippen LogP contribution in [-0.4, -0.2) is 167 Å². The predicted molar refractivity (Wildman–Crippen MR) is 273 cm³/mol. The molecule has 3 heterocycles. The van der Waals surface area contributed by atoms with Crippen molar-refractivity contribution in [1.29, 1.82) is 0 Å². The maximum atomic E-state index is 14.5. The standard InChI is InChI=1S/C56H87NO17/c1-33-17-13-12-15-23-55(8,67)30-37(5)48(62)49(71-11)47(61)36(4)25-34(2)42(60)29-45(35(3)26-39-20-22-43(46(27-39)70-10)73-53(66)54(7,31-58)32-59)72-52(65)41-18-14-16-24-57(41)51(64)50(63)56(68)38(6)19-21-40(74-56)28-44(33)69-9/h12-13,15,17,23,25,34-35,37-41,43-47,49,58-59,61,67-68H,14,16,18-22,24,26-32H2,1-11H3/b13-12+,23-15+,33-17+,36-25+. The van der Waals surface area contributed by atoms with Crippen LogP contribution in [0.4, 0.5) is 0 Å². The normalized spacial score (nSPS) is 38.1. The number of fused-ring (bicyclic) bond motifs is 3.